The SMILES string of the molecule is O=C(/C=C\c1ccc(O)cc1)OC1[C@@H](O)[C@H](O)C(O)[C@@H](O)[C@H]1O. The van der Waals surface area contributed by atoms with Gasteiger partial charge < -0.3 is 35.4 Å². The first-order valence-corrected chi connectivity index (χ1v) is 6.89. The van der Waals surface area contributed by atoms with Crippen LogP contribution < -0.4 is 0 Å². The quantitative estimate of drug-likeness (QED) is 0.280. The van der Waals surface area contributed by atoms with E-state index in [0.29, 0.717) is 5.56 Å². The molecule has 0 amide bonds. The highest BCUT2D eigenvalue weighted by Crippen LogP contribution is 2.24. The van der Waals surface area contributed by atoms with E-state index in [1.807, 2.05) is 0 Å². The Morgan fingerprint density at radius 1 is 0.870 bits per heavy atom. The van der Waals surface area contributed by atoms with E-state index in [0.717, 1.165) is 6.08 Å². The molecular formula is C15H18O8. The van der Waals surface area contributed by atoms with Gasteiger partial charge in [-0.25, -0.2) is 4.79 Å². The number of carbonyl (C=O) groups is 1. The molecule has 6 N–H and O–H groups in total. The molecule has 2 rings (SSSR count). The number of aromatic hydroxyl groups is 1. The van der Waals surface area contributed by atoms with Crippen molar-refractivity contribution >= 4 is 12.0 Å². The Morgan fingerprint density at radius 3 is 1.87 bits per heavy atom. The number of ether oxygens (including phenoxy) is 1. The van der Waals surface area contributed by atoms with E-state index in [2.05, 4.69) is 0 Å². The molecule has 8 nitrogen and oxygen atoms in total. The molecule has 0 bridgehead atoms. The zero-order chi connectivity index (χ0) is 17.1. The standard InChI is InChI=1S/C15H18O8/c16-8-4-1-7(2-5-8)3-6-9(17)23-15-13(21)11(19)10(18)12(20)14(15)22/h1-6,10-16,18-22H/b6-3-/t10?,11-,12-,13-,14+,15?/m1/s1. The van der Waals surface area contributed by atoms with Gasteiger partial charge in [-0.3, -0.25) is 0 Å². The lowest BCUT2D eigenvalue weighted by molar-refractivity contribution is -0.231. The number of rotatable bonds is 3. The molecule has 1 aliphatic carbocycles. The first kappa shape index (κ1) is 17.4. The maximum Gasteiger partial charge on any atom is 0.331 e. The van der Waals surface area contributed by atoms with Gasteiger partial charge in [0, 0.05) is 6.08 Å². The number of benzene rings is 1. The Kier molecular flexibility index (Phi) is 5.34. The molecule has 1 fully saturated rings. The normalized spacial score (nSPS) is 34.5. The van der Waals surface area contributed by atoms with Crippen LogP contribution in [0.2, 0.25) is 0 Å². The van der Waals surface area contributed by atoms with Crippen molar-refractivity contribution in [2.75, 3.05) is 0 Å². The molecular weight excluding hydrogens is 308 g/mol. The second kappa shape index (κ2) is 7.07. The molecule has 8 heteroatoms. The molecule has 0 heterocycles. The van der Waals surface area contributed by atoms with Crippen LogP contribution in [0.1, 0.15) is 5.56 Å². The van der Waals surface area contributed by atoms with E-state index in [-0.39, 0.29) is 5.75 Å². The van der Waals surface area contributed by atoms with E-state index in [1.54, 1.807) is 12.1 Å². The number of phenolic OH excluding ortho intramolecular Hbond substituents is 1. The highest BCUT2D eigenvalue weighted by molar-refractivity contribution is 5.87. The molecule has 6 atom stereocenters. The maximum absolute atomic E-state index is 11.7. The third kappa shape index (κ3) is 3.87. The Hall–Kier alpha value is -1.97. The van der Waals surface area contributed by atoms with Gasteiger partial charge in [-0.2, -0.15) is 0 Å². The molecule has 1 aliphatic rings. The van der Waals surface area contributed by atoms with Crippen molar-refractivity contribution in [3.63, 3.8) is 0 Å². The van der Waals surface area contributed by atoms with Crippen LogP contribution in [0.4, 0.5) is 0 Å². The molecule has 1 aromatic carbocycles. The first-order valence-electron chi connectivity index (χ1n) is 6.89. The van der Waals surface area contributed by atoms with Gasteiger partial charge in [0.2, 0.25) is 0 Å². The second-order valence-electron chi connectivity index (χ2n) is 5.28. The highest BCUT2D eigenvalue weighted by Gasteiger charge is 2.50. The molecule has 0 aromatic heterocycles. The Labute approximate surface area is 131 Å². The van der Waals surface area contributed by atoms with Crippen LogP contribution in [0.15, 0.2) is 30.3 Å². The van der Waals surface area contributed by atoms with Gasteiger partial charge in [-0.15, -0.1) is 0 Å². The molecule has 0 spiro atoms. The summed E-state index contributed by atoms with van der Waals surface area (Å²) >= 11 is 0. The van der Waals surface area contributed by atoms with Crippen LogP contribution in [0, 0.1) is 0 Å². The Bertz CT molecular complexity index is 553. The number of phenols is 1. The van der Waals surface area contributed by atoms with Crippen molar-refractivity contribution in [1.29, 1.82) is 0 Å². The summed E-state index contributed by atoms with van der Waals surface area (Å²) in [4.78, 5) is 11.7. The van der Waals surface area contributed by atoms with Crippen LogP contribution in [0.3, 0.4) is 0 Å². The lowest BCUT2D eigenvalue weighted by Crippen LogP contribution is -2.64. The molecule has 1 saturated carbocycles. The smallest absolute Gasteiger partial charge is 0.331 e. The minimum atomic E-state index is -1.76. The summed E-state index contributed by atoms with van der Waals surface area (Å²) in [5.74, 6) is -0.850. The molecule has 23 heavy (non-hydrogen) atoms. The highest BCUT2D eigenvalue weighted by atomic mass is 16.6. The molecule has 0 saturated heterocycles. The minimum Gasteiger partial charge on any atom is -0.508 e. The zero-order valence-electron chi connectivity index (χ0n) is 11.9. The molecule has 126 valence electrons. The van der Waals surface area contributed by atoms with E-state index in [9.17, 15) is 30.3 Å². The fraction of sp³-hybridized carbons (Fsp3) is 0.400. The average molecular weight is 326 g/mol. The lowest BCUT2D eigenvalue weighted by Gasteiger charge is -2.40. The van der Waals surface area contributed by atoms with Crippen molar-refractivity contribution in [1.82, 2.24) is 0 Å². The summed E-state index contributed by atoms with van der Waals surface area (Å²) in [6.45, 7) is 0. The van der Waals surface area contributed by atoms with E-state index in [4.69, 9.17) is 9.84 Å². The average Bonchev–Trinajstić information content (AvgIpc) is 2.54. The lowest BCUT2D eigenvalue weighted by atomic mass is 9.85. The van der Waals surface area contributed by atoms with Crippen LogP contribution in [-0.4, -0.2) is 73.2 Å². The third-order valence-electron chi connectivity index (χ3n) is 3.63. The number of aliphatic hydroxyl groups excluding tert-OH is 5. The van der Waals surface area contributed by atoms with Gasteiger partial charge >= 0.3 is 5.97 Å². The van der Waals surface area contributed by atoms with Crippen LogP contribution in [-0.2, 0) is 9.53 Å². The van der Waals surface area contributed by atoms with E-state index >= 15 is 0 Å². The summed E-state index contributed by atoms with van der Waals surface area (Å²) in [6.07, 6.45) is -7.92. The van der Waals surface area contributed by atoms with Gasteiger partial charge in [-0.05, 0) is 23.8 Å². The van der Waals surface area contributed by atoms with Crippen molar-refractivity contribution < 1.29 is 40.2 Å². The van der Waals surface area contributed by atoms with Gasteiger partial charge in [-0.1, -0.05) is 12.1 Å². The first-order chi connectivity index (χ1) is 10.8. The van der Waals surface area contributed by atoms with E-state index < -0.39 is 42.6 Å². The predicted molar refractivity (Wildman–Crippen MR) is 77.1 cm³/mol. The summed E-state index contributed by atoms with van der Waals surface area (Å²) in [6, 6.07) is 5.95. The summed E-state index contributed by atoms with van der Waals surface area (Å²) in [5.41, 5.74) is 0.597. The predicted octanol–water partition coefficient (Wildman–Crippen LogP) is -1.86. The van der Waals surface area contributed by atoms with Gasteiger partial charge in [0.1, 0.15) is 36.3 Å². The topological polar surface area (TPSA) is 148 Å². The fourth-order valence-corrected chi connectivity index (χ4v) is 2.26. The largest absolute Gasteiger partial charge is 0.508 e. The monoisotopic (exact) mass is 326 g/mol. The summed E-state index contributed by atoms with van der Waals surface area (Å²) < 4.78 is 4.84. The van der Waals surface area contributed by atoms with Crippen LogP contribution >= 0.6 is 0 Å². The van der Waals surface area contributed by atoms with Crippen LogP contribution in [0.5, 0.6) is 5.75 Å². The number of hydrogen-bond acceptors (Lipinski definition) is 8. The third-order valence-corrected chi connectivity index (χ3v) is 3.63. The van der Waals surface area contributed by atoms with Crippen molar-refractivity contribution in [2.45, 2.75) is 36.6 Å². The van der Waals surface area contributed by atoms with Gasteiger partial charge in [0.05, 0.1) is 0 Å². The minimum absolute atomic E-state index is 0.0692. The maximum atomic E-state index is 11.7. The number of carbonyl (C=O) groups excluding carboxylic acids is 1. The van der Waals surface area contributed by atoms with Gasteiger partial charge in [0.15, 0.2) is 6.10 Å². The van der Waals surface area contributed by atoms with E-state index in [1.165, 1.54) is 18.2 Å². The van der Waals surface area contributed by atoms with Crippen molar-refractivity contribution in [3.8, 4) is 5.75 Å². The number of esters is 1. The second-order valence-corrected chi connectivity index (χ2v) is 5.28. The zero-order valence-corrected chi connectivity index (χ0v) is 11.9. The molecule has 1 aromatic rings. The summed E-state index contributed by atoms with van der Waals surface area (Å²) in [5, 5.41) is 57.2. The Morgan fingerprint density at radius 2 is 1.35 bits per heavy atom. The van der Waals surface area contributed by atoms with Crippen molar-refractivity contribution in [2.24, 2.45) is 0 Å². The van der Waals surface area contributed by atoms with Gasteiger partial charge in [0.25, 0.3) is 0 Å². The molecule has 0 aliphatic heterocycles. The fourth-order valence-electron chi connectivity index (χ4n) is 2.26. The van der Waals surface area contributed by atoms with Crippen molar-refractivity contribution in [3.05, 3.63) is 35.9 Å². The summed E-state index contributed by atoms with van der Waals surface area (Å²) in [7, 11) is 0. The molecule has 2 unspecified atom stereocenters. The number of aliphatic hydroxyl groups is 5. The Balaban J connectivity index is 2.02. The van der Waals surface area contributed by atoms with Crippen LogP contribution in [0.25, 0.3) is 6.08 Å². The molecule has 0 radical (unpaired) electrons. The number of hydrogen-bond donors (Lipinski definition) is 6.